The van der Waals surface area contributed by atoms with Crippen molar-refractivity contribution in [3.05, 3.63) is 12.2 Å². The van der Waals surface area contributed by atoms with Crippen molar-refractivity contribution >= 4 is 30.0 Å². The van der Waals surface area contributed by atoms with E-state index in [2.05, 4.69) is 24.5 Å². The number of esters is 2. The van der Waals surface area contributed by atoms with Crippen molar-refractivity contribution in [1.82, 2.24) is 10.2 Å². The monoisotopic (exact) mass is 329 g/mol. The van der Waals surface area contributed by atoms with Crippen LogP contribution in [0.2, 0.25) is 0 Å². The molecule has 0 aliphatic carbocycles. The molecule has 0 fully saturated rings. The number of ether oxygens (including phenoxy) is 3. The van der Waals surface area contributed by atoms with Crippen molar-refractivity contribution in [3.63, 3.8) is 0 Å². The normalized spacial score (nSPS) is 10.8. The van der Waals surface area contributed by atoms with E-state index in [0.29, 0.717) is 0 Å². The third kappa shape index (κ3) is 10.3. The fraction of sp³-hybridized carbons (Fsp3) is 0.417. The van der Waals surface area contributed by atoms with Gasteiger partial charge in [-0.15, -0.1) is 0 Å². The number of guanidine groups is 2. The topological polar surface area (TPSA) is 156 Å². The Balaban J connectivity index is 3.99. The van der Waals surface area contributed by atoms with Gasteiger partial charge in [-0.1, -0.05) is 0 Å². The summed E-state index contributed by atoms with van der Waals surface area (Å²) in [5, 5.41) is 9.47. The number of rotatable bonds is 5. The highest BCUT2D eigenvalue weighted by Crippen LogP contribution is 1.86. The Bertz CT molecular complexity index is 514. The highest BCUT2D eigenvalue weighted by molar-refractivity contribution is 5.99. The van der Waals surface area contributed by atoms with Crippen molar-refractivity contribution in [2.24, 2.45) is 10.7 Å². The van der Waals surface area contributed by atoms with E-state index in [1.807, 2.05) is 0 Å². The average molecular weight is 329 g/mol. The highest BCUT2D eigenvalue weighted by Gasteiger charge is 2.06. The minimum Gasteiger partial charge on any atom is -0.466 e. The summed E-state index contributed by atoms with van der Waals surface area (Å²) in [6.45, 7) is -0.454. The number of nitrogens with one attached hydrogen (secondary N) is 2. The van der Waals surface area contributed by atoms with Crippen LogP contribution in [0.25, 0.3) is 0 Å². The van der Waals surface area contributed by atoms with E-state index >= 15 is 0 Å². The molecule has 0 saturated carbocycles. The summed E-state index contributed by atoms with van der Waals surface area (Å²) >= 11 is 0. The van der Waals surface area contributed by atoms with Crippen LogP contribution in [0.4, 0.5) is 4.79 Å². The molecule has 4 N–H and O–H groups in total. The van der Waals surface area contributed by atoms with E-state index < -0.39 is 18.0 Å². The van der Waals surface area contributed by atoms with Gasteiger partial charge < -0.3 is 24.8 Å². The first-order valence-electron chi connectivity index (χ1n) is 6.22. The number of nitrogens with two attached hydrogens (primary N) is 1. The molecule has 0 unspecified atom stereocenters. The average Bonchev–Trinajstić information content (AvgIpc) is 2.48. The molecule has 0 saturated heterocycles. The number of carbonyl (C=O) groups is 3. The maximum Gasteiger partial charge on any atom is 0.414 e. The Morgan fingerprint density at radius 1 is 1.17 bits per heavy atom. The molecule has 128 valence electrons. The molecule has 0 aliphatic heterocycles. The van der Waals surface area contributed by atoms with Gasteiger partial charge in [-0.3, -0.25) is 10.7 Å². The largest absolute Gasteiger partial charge is 0.466 e. The van der Waals surface area contributed by atoms with E-state index in [0.717, 1.165) is 12.2 Å². The predicted octanol–water partition coefficient (Wildman–Crippen LogP) is -1.20. The second kappa shape index (κ2) is 10.6. The third-order valence-corrected chi connectivity index (χ3v) is 2.00. The van der Waals surface area contributed by atoms with Crippen molar-refractivity contribution in [2.45, 2.75) is 0 Å². The SMILES string of the molecule is COC(=O)/C=C/C(=O)OCCOC(=O)NC(N)=NC(=N)N(C)C. The van der Waals surface area contributed by atoms with Crippen molar-refractivity contribution < 1.29 is 28.6 Å². The van der Waals surface area contributed by atoms with Gasteiger partial charge in [0.25, 0.3) is 0 Å². The van der Waals surface area contributed by atoms with Crippen molar-refractivity contribution in [2.75, 3.05) is 34.4 Å². The lowest BCUT2D eigenvalue weighted by atomic mass is 10.5. The van der Waals surface area contributed by atoms with E-state index in [9.17, 15) is 14.4 Å². The predicted molar refractivity (Wildman–Crippen MR) is 79.6 cm³/mol. The highest BCUT2D eigenvalue weighted by atomic mass is 16.6. The summed E-state index contributed by atoms with van der Waals surface area (Å²) in [4.78, 5) is 38.1. The Hall–Kier alpha value is -3.11. The second-order valence-corrected chi connectivity index (χ2v) is 4.00. The fourth-order valence-electron chi connectivity index (χ4n) is 0.912. The number of aliphatic imine (C=N–C) groups is 1. The number of hydrogen-bond donors (Lipinski definition) is 3. The molecule has 0 aromatic heterocycles. The first-order valence-corrected chi connectivity index (χ1v) is 6.22. The molecule has 0 bridgehead atoms. The lowest BCUT2D eigenvalue weighted by Gasteiger charge is -2.10. The van der Waals surface area contributed by atoms with Gasteiger partial charge in [0.2, 0.25) is 11.9 Å². The standard InChI is InChI=1S/C12H19N5O6/c1-17(2)11(14)15-10(13)16-12(20)23-7-6-22-9(19)5-4-8(18)21-3/h4-5H,6-7H2,1-3H3,(H4,13,14,15,16,20)/b5-4+. The zero-order valence-corrected chi connectivity index (χ0v) is 13.0. The van der Waals surface area contributed by atoms with Crippen LogP contribution in [0.5, 0.6) is 0 Å². The molecule has 0 aromatic carbocycles. The molecule has 11 nitrogen and oxygen atoms in total. The fourth-order valence-corrected chi connectivity index (χ4v) is 0.912. The molecule has 0 spiro atoms. The number of methoxy groups -OCH3 is 1. The second-order valence-electron chi connectivity index (χ2n) is 4.00. The molecule has 0 radical (unpaired) electrons. The van der Waals surface area contributed by atoms with Crippen LogP contribution in [0.1, 0.15) is 0 Å². The van der Waals surface area contributed by atoms with Gasteiger partial charge in [-0.2, -0.15) is 4.99 Å². The van der Waals surface area contributed by atoms with Gasteiger partial charge in [0.1, 0.15) is 13.2 Å². The molecule has 23 heavy (non-hydrogen) atoms. The van der Waals surface area contributed by atoms with E-state index in [-0.39, 0.29) is 25.1 Å². The Morgan fingerprint density at radius 2 is 1.74 bits per heavy atom. The van der Waals surface area contributed by atoms with Gasteiger partial charge in [0.05, 0.1) is 7.11 Å². The first-order chi connectivity index (χ1) is 10.8. The Kier molecular flexibility index (Phi) is 9.16. The zero-order chi connectivity index (χ0) is 17.8. The van der Waals surface area contributed by atoms with E-state index in [1.165, 1.54) is 12.0 Å². The Labute approximate surface area is 132 Å². The quantitative estimate of drug-likeness (QED) is 0.142. The summed E-state index contributed by atoms with van der Waals surface area (Å²) < 4.78 is 13.6. The van der Waals surface area contributed by atoms with E-state index in [4.69, 9.17) is 11.1 Å². The third-order valence-electron chi connectivity index (χ3n) is 2.00. The molecular formula is C12H19N5O6. The lowest BCUT2D eigenvalue weighted by molar-refractivity contribution is -0.140. The molecule has 11 heteroatoms. The zero-order valence-electron chi connectivity index (χ0n) is 13.0. The smallest absolute Gasteiger partial charge is 0.414 e. The van der Waals surface area contributed by atoms with Gasteiger partial charge in [-0.25, -0.2) is 14.4 Å². The minimum absolute atomic E-state index is 0.158. The van der Waals surface area contributed by atoms with Crippen LogP contribution in [-0.2, 0) is 23.8 Å². The van der Waals surface area contributed by atoms with Crippen molar-refractivity contribution in [1.29, 1.82) is 5.41 Å². The summed E-state index contributed by atoms with van der Waals surface area (Å²) in [5.74, 6) is -1.96. The molecule has 1 amide bonds. The summed E-state index contributed by atoms with van der Waals surface area (Å²) in [6.07, 6.45) is 0.856. The minimum atomic E-state index is -0.918. The summed E-state index contributed by atoms with van der Waals surface area (Å²) in [5.41, 5.74) is 5.38. The van der Waals surface area contributed by atoms with Gasteiger partial charge in [0.15, 0.2) is 0 Å². The number of carbonyl (C=O) groups excluding carboxylic acids is 3. The maximum atomic E-state index is 11.3. The van der Waals surface area contributed by atoms with Gasteiger partial charge in [-0.05, 0) is 0 Å². The molecule has 0 heterocycles. The maximum absolute atomic E-state index is 11.3. The number of nitrogens with zero attached hydrogens (tertiary/aromatic N) is 2. The summed E-state index contributed by atoms with van der Waals surface area (Å²) in [7, 11) is 4.33. The molecule has 0 rings (SSSR count). The molecule has 0 aliphatic rings. The van der Waals surface area contributed by atoms with Crippen LogP contribution in [0.15, 0.2) is 17.1 Å². The van der Waals surface area contributed by atoms with E-state index in [1.54, 1.807) is 14.1 Å². The first kappa shape index (κ1) is 19.9. The molecule has 0 atom stereocenters. The molecule has 0 aromatic rings. The van der Waals surface area contributed by atoms with Crippen LogP contribution in [-0.4, -0.2) is 69.3 Å². The number of alkyl carbamates (subject to hydrolysis) is 1. The van der Waals surface area contributed by atoms with Gasteiger partial charge >= 0.3 is 18.0 Å². The van der Waals surface area contributed by atoms with Crippen molar-refractivity contribution in [3.8, 4) is 0 Å². The Morgan fingerprint density at radius 3 is 2.30 bits per heavy atom. The van der Waals surface area contributed by atoms with Crippen LogP contribution in [0.3, 0.4) is 0 Å². The van der Waals surface area contributed by atoms with Gasteiger partial charge in [0, 0.05) is 26.2 Å². The molecular weight excluding hydrogens is 310 g/mol. The van der Waals surface area contributed by atoms with Crippen LogP contribution >= 0.6 is 0 Å². The van der Waals surface area contributed by atoms with Crippen LogP contribution < -0.4 is 11.1 Å². The lowest BCUT2D eigenvalue weighted by Crippen LogP contribution is -2.39. The van der Waals surface area contributed by atoms with Crippen LogP contribution in [0, 0.1) is 5.41 Å². The number of hydrogen-bond acceptors (Lipinski definition) is 7. The number of amides is 1. The summed E-state index contributed by atoms with van der Waals surface area (Å²) in [6, 6.07) is 0.